The van der Waals surface area contributed by atoms with E-state index in [-0.39, 0.29) is 5.41 Å². The van der Waals surface area contributed by atoms with E-state index >= 15 is 0 Å². The molecule has 1 atom stereocenters. The zero-order valence-corrected chi connectivity index (χ0v) is 12.3. The van der Waals surface area contributed by atoms with E-state index in [0.29, 0.717) is 6.04 Å². The Balaban J connectivity index is 2.14. The van der Waals surface area contributed by atoms with Crippen molar-refractivity contribution in [2.24, 2.45) is 10.4 Å². The van der Waals surface area contributed by atoms with Crippen LogP contribution in [0.4, 0.5) is 5.69 Å². The first kappa shape index (κ1) is 13.4. The van der Waals surface area contributed by atoms with Gasteiger partial charge in [0.15, 0.2) is 5.17 Å². The van der Waals surface area contributed by atoms with Crippen LogP contribution < -0.4 is 5.32 Å². The largest absolute Gasteiger partial charge is 0.333 e. The van der Waals surface area contributed by atoms with E-state index in [4.69, 9.17) is 4.99 Å². The summed E-state index contributed by atoms with van der Waals surface area (Å²) in [6, 6.07) is 2.41. The molecule has 1 aromatic rings. The Bertz CT molecular complexity index is 449. The highest BCUT2D eigenvalue weighted by Gasteiger charge is 2.27. The number of nitrogens with zero attached hydrogens (tertiary/aromatic N) is 2. The van der Waals surface area contributed by atoms with Gasteiger partial charge < -0.3 is 5.32 Å². The maximum Gasteiger partial charge on any atom is 0.161 e. The number of aromatic nitrogens is 1. The second-order valence-electron chi connectivity index (χ2n) is 5.77. The van der Waals surface area contributed by atoms with Crippen molar-refractivity contribution in [2.75, 3.05) is 11.1 Å². The molecular formula is C14H21N3S. The molecule has 0 saturated heterocycles. The number of pyridine rings is 1. The van der Waals surface area contributed by atoms with Crippen molar-refractivity contribution in [3.05, 3.63) is 24.0 Å². The molecule has 0 spiro atoms. The maximum absolute atomic E-state index is 4.83. The molecule has 2 heterocycles. The van der Waals surface area contributed by atoms with E-state index in [0.717, 1.165) is 23.0 Å². The fourth-order valence-electron chi connectivity index (χ4n) is 1.92. The van der Waals surface area contributed by atoms with Gasteiger partial charge in [-0.1, -0.05) is 32.5 Å². The molecule has 3 nitrogen and oxygen atoms in total. The quantitative estimate of drug-likeness (QED) is 0.839. The SMILES string of the molecule is Cc1ccncc1NC1=NC(C(C)(C)C)CCS1. The number of thioether (sulfide) groups is 1. The van der Waals surface area contributed by atoms with Crippen LogP contribution in [-0.2, 0) is 0 Å². The summed E-state index contributed by atoms with van der Waals surface area (Å²) in [6.45, 7) is 8.84. The lowest BCUT2D eigenvalue weighted by molar-refractivity contribution is 0.316. The summed E-state index contributed by atoms with van der Waals surface area (Å²) in [6.07, 6.45) is 4.83. The predicted molar refractivity (Wildman–Crippen MR) is 80.3 cm³/mol. The summed E-state index contributed by atoms with van der Waals surface area (Å²) in [5.74, 6) is 1.13. The molecule has 1 aliphatic heterocycles. The van der Waals surface area contributed by atoms with Gasteiger partial charge in [-0.15, -0.1) is 0 Å². The molecule has 1 N–H and O–H groups in total. The molecule has 0 amide bonds. The second kappa shape index (κ2) is 5.31. The lowest BCUT2D eigenvalue weighted by atomic mass is 9.85. The Morgan fingerprint density at radius 2 is 2.17 bits per heavy atom. The standard InChI is InChI=1S/C14H21N3S/c1-10-5-7-15-9-11(10)16-13-17-12(6-8-18-13)14(2,3)4/h5,7,9,12H,6,8H2,1-4H3,(H,16,17). The molecule has 0 bridgehead atoms. The van der Waals surface area contributed by atoms with E-state index in [1.165, 1.54) is 5.56 Å². The maximum atomic E-state index is 4.83. The van der Waals surface area contributed by atoms with Crippen LogP contribution in [0, 0.1) is 12.3 Å². The molecule has 0 aromatic carbocycles. The van der Waals surface area contributed by atoms with Gasteiger partial charge >= 0.3 is 0 Å². The van der Waals surface area contributed by atoms with Gasteiger partial charge in [0.1, 0.15) is 0 Å². The van der Waals surface area contributed by atoms with Crippen molar-refractivity contribution < 1.29 is 0 Å². The summed E-state index contributed by atoms with van der Waals surface area (Å²) < 4.78 is 0. The van der Waals surface area contributed by atoms with Gasteiger partial charge in [0.2, 0.25) is 0 Å². The number of hydrogen-bond acceptors (Lipinski definition) is 4. The monoisotopic (exact) mass is 263 g/mol. The average molecular weight is 263 g/mol. The Morgan fingerprint density at radius 1 is 1.39 bits per heavy atom. The highest BCUT2D eigenvalue weighted by molar-refractivity contribution is 8.14. The molecule has 0 aliphatic carbocycles. The molecule has 18 heavy (non-hydrogen) atoms. The molecule has 0 fully saturated rings. The van der Waals surface area contributed by atoms with Crippen LogP contribution in [-0.4, -0.2) is 21.9 Å². The van der Waals surface area contributed by atoms with E-state index in [1.54, 1.807) is 11.8 Å². The zero-order valence-electron chi connectivity index (χ0n) is 11.5. The smallest absolute Gasteiger partial charge is 0.161 e. The number of anilines is 1. The van der Waals surface area contributed by atoms with Gasteiger partial charge in [0, 0.05) is 11.9 Å². The van der Waals surface area contributed by atoms with Crippen LogP contribution in [0.15, 0.2) is 23.5 Å². The fourth-order valence-corrected chi connectivity index (χ4v) is 2.83. The fraction of sp³-hybridized carbons (Fsp3) is 0.571. The normalized spacial score (nSPS) is 20.4. The average Bonchev–Trinajstić information content (AvgIpc) is 2.31. The van der Waals surface area contributed by atoms with Crippen molar-refractivity contribution in [1.82, 2.24) is 4.98 Å². The lowest BCUT2D eigenvalue weighted by Crippen LogP contribution is -2.30. The van der Waals surface area contributed by atoms with E-state index in [1.807, 2.05) is 18.5 Å². The molecule has 2 rings (SSSR count). The molecule has 98 valence electrons. The second-order valence-corrected chi connectivity index (χ2v) is 6.85. The van der Waals surface area contributed by atoms with Crippen LogP contribution in [0.2, 0.25) is 0 Å². The summed E-state index contributed by atoms with van der Waals surface area (Å²) in [4.78, 5) is 8.98. The molecule has 4 heteroatoms. The number of aryl methyl sites for hydroxylation is 1. The van der Waals surface area contributed by atoms with Crippen LogP contribution in [0.25, 0.3) is 0 Å². The third kappa shape index (κ3) is 3.25. The number of rotatable bonds is 1. The molecule has 1 unspecified atom stereocenters. The lowest BCUT2D eigenvalue weighted by Gasteiger charge is -2.31. The third-order valence-electron chi connectivity index (χ3n) is 3.18. The van der Waals surface area contributed by atoms with E-state index in [9.17, 15) is 0 Å². The summed E-state index contributed by atoms with van der Waals surface area (Å²) in [5, 5.41) is 4.43. The van der Waals surface area contributed by atoms with Crippen LogP contribution in [0.5, 0.6) is 0 Å². The molecule has 0 saturated carbocycles. The molecule has 0 radical (unpaired) electrons. The number of nitrogens with one attached hydrogen (secondary N) is 1. The predicted octanol–water partition coefficient (Wildman–Crippen LogP) is 3.71. The van der Waals surface area contributed by atoms with Gasteiger partial charge in [-0.25, -0.2) is 0 Å². The first-order valence-corrected chi connectivity index (χ1v) is 7.33. The van der Waals surface area contributed by atoms with Crippen molar-refractivity contribution in [2.45, 2.75) is 40.2 Å². The van der Waals surface area contributed by atoms with Gasteiger partial charge in [-0.3, -0.25) is 9.98 Å². The Hall–Kier alpha value is -1.03. The molecule has 1 aliphatic rings. The van der Waals surface area contributed by atoms with Gasteiger partial charge in [-0.2, -0.15) is 0 Å². The van der Waals surface area contributed by atoms with E-state index in [2.05, 4.69) is 38.0 Å². The Morgan fingerprint density at radius 3 is 2.83 bits per heavy atom. The molecule has 1 aromatic heterocycles. The molecular weight excluding hydrogens is 242 g/mol. The van der Waals surface area contributed by atoms with Crippen LogP contribution >= 0.6 is 11.8 Å². The van der Waals surface area contributed by atoms with Gasteiger partial charge in [0.25, 0.3) is 0 Å². The minimum absolute atomic E-state index is 0.234. The third-order valence-corrected chi connectivity index (χ3v) is 4.10. The van der Waals surface area contributed by atoms with Crippen LogP contribution in [0.3, 0.4) is 0 Å². The first-order valence-electron chi connectivity index (χ1n) is 6.35. The van der Waals surface area contributed by atoms with Gasteiger partial charge in [-0.05, 0) is 30.4 Å². The first-order chi connectivity index (χ1) is 8.47. The summed E-state index contributed by atoms with van der Waals surface area (Å²) in [5.41, 5.74) is 2.49. The number of aliphatic imine (C=N–C) groups is 1. The summed E-state index contributed by atoms with van der Waals surface area (Å²) in [7, 11) is 0. The van der Waals surface area contributed by atoms with Crippen LogP contribution in [0.1, 0.15) is 32.8 Å². The number of amidine groups is 1. The Kier molecular flexibility index (Phi) is 3.95. The highest BCUT2D eigenvalue weighted by atomic mass is 32.2. The minimum Gasteiger partial charge on any atom is -0.333 e. The minimum atomic E-state index is 0.234. The zero-order chi connectivity index (χ0) is 13.2. The van der Waals surface area contributed by atoms with Crippen molar-refractivity contribution in [1.29, 1.82) is 0 Å². The summed E-state index contributed by atoms with van der Waals surface area (Å²) >= 11 is 1.80. The van der Waals surface area contributed by atoms with Gasteiger partial charge in [0.05, 0.1) is 17.9 Å². The van der Waals surface area contributed by atoms with Crippen molar-refractivity contribution in [3.8, 4) is 0 Å². The Labute approximate surface area is 113 Å². The number of hydrogen-bond donors (Lipinski definition) is 1. The topological polar surface area (TPSA) is 37.3 Å². The van der Waals surface area contributed by atoms with Crippen molar-refractivity contribution >= 4 is 22.6 Å². The highest BCUT2D eigenvalue weighted by Crippen LogP contribution is 2.31. The van der Waals surface area contributed by atoms with Crippen molar-refractivity contribution in [3.63, 3.8) is 0 Å². The van der Waals surface area contributed by atoms with E-state index < -0.39 is 0 Å².